The summed E-state index contributed by atoms with van der Waals surface area (Å²) < 4.78 is 5.46. The van der Waals surface area contributed by atoms with Crippen LogP contribution in [0.3, 0.4) is 0 Å². The zero-order valence-corrected chi connectivity index (χ0v) is 13.6. The Morgan fingerprint density at radius 3 is 2.78 bits per heavy atom. The van der Waals surface area contributed by atoms with E-state index < -0.39 is 0 Å². The van der Waals surface area contributed by atoms with Gasteiger partial charge in [0.15, 0.2) is 11.5 Å². The van der Waals surface area contributed by atoms with E-state index in [0.717, 1.165) is 33.5 Å². The molecule has 3 rings (SSSR count). The zero-order chi connectivity index (χ0) is 16.4. The van der Waals surface area contributed by atoms with E-state index in [1.54, 1.807) is 0 Å². The Balaban J connectivity index is 1.64. The van der Waals surface area contributed by atoms with Crippen molar-refractivity contribution in [2.75, 3.05) is 5.32 Å². The van der Waals surface area contributed by atoms with Crippen LogP contribution >= 0.6 is 0 Å². The minimum Gasteiger partial charge on any atom is -0.441 e. The largest absolute Gasteiger partial charge is 0.441 e. The first-order chi connectivity index (χ1) is 11.0. The van der Waals surface area contributed by atoms with Crippen molar-refractivity contribution < 1.29 is 9.21 Å². The number of anilines is 1. The minimum absolute atomic E-state index is 0.0233. The average molecular weight is 308 g/mol. The summed E-state index contributed by atoms with van der Waals surface area (Å²) in [6, 6.07) is 11.9. The van der Waals surface area contributed by atoms with Crippen molar-refractivity contribution in [1.29, 1.82) is 0 Å². The predicted molar refractivity (Wildman–Crippen MR) is 91.6 cm³/mol. The van der Waals surface area contributed by atoms with Crippen LogP contribution in [0.1, 0.15) is 29.0 Å². The first-order valence-electron chi connectivity index (χ1n) is 7.74. The van der Waals surface area contributed by atoms with Crippen LogP contribution in [0.15, 0.2) is 40.8 Å². The molecule has 23 heavy (non-hydrogen) atoms. The monoisotopic (exact) mass is 308 g/mol. The molecule has 0 radical (unpaired) electrons. The van der Waals surface area contributed by atoms with Gasteiger partial charge in [-0.2, -0.15) is 0 Å². The highest BCUT2D eigenvalue weighted by Crippen LogP contribution is 2.19. The second kappa shape index (κ2) is 6.24. The summed E-state index contributed by atoms with van der Waals surface area (Å²) in [5.74, 6) is 0.681. The number of benzene rings is 2. The molecule has 0 saturated carbocycles. The molecule has 1 heterocycles. The maximum absolute atomic E-state index is 12.2. The van der Waals surface area contributed by atoms with Crippen LogP contribution < -0.4 is 5.32 Å². The first kappa shape index (κ1) is 15.3. The van der Waals surface area contributed by atoms with Crippen LogP contribution in [-0.4, -0.2) is 10.9 Å². The number of carbonyl (C=O) groups excluding carboxylic acids is 1. The number of aryl methyl sites for hydroxylation is 4. The number of aromatic nitrogens is 1. The Labute approximate surface area is 135 Å². The van der Waals surface area contributed by atoms with Crippen molar-refractivity contribution >= 4 is 22.7 Å². The smallest absolute Gasteiger partial charge is 0.224 e. The molecule has 2 aromatic carbocycles. The summed E-state index contributed by atoms with van der Waals surface area (Å²) in [6.45, 7) is 5.84. The maximum Gasteiger partial charge on any atom is 0.224 e. The number of oxazole rings is 1. The van der Waals surface area contributed by atoms with Gasteiger partial charge in [-0.3, -0.25) is 4.79 Å². The summed E-state index contributed by atoms with van der Waals surface area (Å²) in [5, 5.41) is 2.99. The molecule has 0 fully saturated rings. The molecule has 1 N–H and O–H groups in total. The Bertz CT molecular complexity index is 865. The van der Waals surface area contributed by atoms with Crippen molar-refractivity contribution in [3.8, 4) is 0 Å². The molecule has 3 aromatic rings. The normalized spacial score (nSPS) is 10.9. The number of fused-ring (bicyclic) bond motifs is 1. The number of nitrogens with one attached hydrogen (secondary N) is 1. The minimum atomic E-state index is 0.0233. The Morgan fingerprint density at radius 1 is 1.13 bits per heavy atom. The molecule has 0 unspecified atom stereocenters. The van der Waals surface area contributed by atoms with Crippen molar-refractivity contribution in [2.45, 2.75) is 33.6 Å². The van der Waals surface area contributed by atoms with Crippen molar-refractivity contribution in [3.05, 3.63) is 59.0 Å². The summed E-state index contributed by atoms with van der Waals surface area (Å²) in [7, 11) is 0. The van der Waals surface area contributed by atoms with Gasteiger partial charge in [-0.25, -0.2) is 4.98 Å². The van der Waals surface area contributed by atoms with Gasteiger partial charge in [0.2, 0.25) is 5.91 Å². The lowest BCUT2D eigenvalue weighted by atomic mass is 10.1. The van der Waals surface area contributed by atoms with Crippen LogP contribution in [0.5, 0.6) is 0 Å². The fourth-order valence-electron chi connectivity index (χ4n) is 2.58. The standard InChI is InChI=1S/C19H20N2O2/c1-12-4-5-13(2)16(10-12)21-19(22)9-7-15-6-8-18-17(11-15)20-14(3)23-18/h4-6,8,10-11H,7,9H2,1-3H3,(H,21,22). The summed E-state index contributed by atoms with van der Waals surface area (Å²) in [4.78, 5) is 16.5. The molecule has 0 saturated heterocycles. The molecule has 118 valence electrons. The highest BCUT2D eigenvalue weighted by molar-refractivity contribution is 5.91. The topological polar surface area (TPSA) is 55.1 Å². The van der Waals surface area contributed by atoms with Gasteiger partial charge in [0, 0.05) is 19.0 Å². The van der Waals surface area contributed by atoms with Crippen molar-refractivity contribution in [3.63, 3.8) is 0 Å². The van der Waals surface area contributed by atoms with E-state index in [4.69, 9.17) is 4.42 Å². The number of rotatable bonds is 4. The van der Waals surface area contributed by atoms with Gasteiger partial charge in [0.05, 0.1) is 0 Å². The Hall–Kier alpha value is -2.62. The SMILES string of the molecule is Cc1ccc(C)c(NC(=O)CCc2ccc3oc(C)nc3c2)c1. The fourth-order valence-corrected chi connectivity index (χ4v) is 2.58. The fraction of sp³-hybridized carbons (Fsp3) is 0.263. The van der Waals surface area contributed by atoms with Crippen LogP contribution in [0.25, 0.3) is 11.1 Å². The van der Waals surface area contributed by atoms with Crippen LogP contribution in [0.2, 0.25) is 0 Å². The summed E-state index contributed by atoms with van der Waals surface area (Å²) >= 11 is 0. The lowest BCUT2D eigenvalue weighted by molar-refractivity contribution is -0.116. The third kappa shape index (κ3) is 3.59. The molecule has 1 aromatic heterocycles. The number of amides is 1. The van der Waals surface area contributed by atoms with Gasteiger partial charge in [0.25, 0.3) is 0 Å². The second-order valence-corrected chi connectivity index (χ2v) is 5.90. The highest BCUT2D eigenvalue weighted by atomic mass is 16.3. The number of hydrogen-bond acceptors (Lipinski definition) is 3. The number of carbonyl (C=O) groups is 1. The van der Waals surface area contributed by atoms with Gasteiger partial charge in [-0.1, -0.05) is 18.2 Å². The number of nitrogens with zero attached hydrogens (tertiary/aromatic N) is 1. The van der Waals surface area contributed by atoms with E-state index in [9.17, 15) is 4.79 Å². The van der Waals surface area contributed by atoms with Gasteiger partial charge < -0.3 is 9.73 Å². The lowest BCUT2D eigenvalue weighted by Crippen LogP contribution is -2.13. The van der Waals surface area contributed by atoms with Gasteiger partial charge in [-0.05, 0) is 55.2 Å². The van der Waals surface area contributed by atoms with Gasteiger partial charge >= 0.3 is 0 Å². The number of hydrogen-bond donors (Lipinski definition) is 1. The van der Waals surface area contributed by atoms with E-state index in [2.05, 4.69) is 10.3 Å². The molecule has 0 aliphatic carbocycles. The third-order valence-corrected chi connectivity index (χ3v) is 3.87. The molecular formula is C19H20N2O2. The third-order valence-electron chi connectivity index (χ3n) is 3.87. The van der Waals surface area contributed by atoms with Crippen molar-refractivity contribution in [2.24, 2.45) is 0 Å². The van der Waals surface area contributed by atoms with E-state index >= 15 is 0 Å². The molecule has 0 aliphatic heterocycles. The van der Waals surface area contributed by atoms with Crippen LogP contribution in [0.4, 0.5) is 5.69 Å². The van der Waals surface area contributed by atoms with Crippen molar-refractivity contribution in [1.82, 2.24) is 4.98 Å². The van der Waals surface area contributed by atoms with Gasteiger partial charge in [0.1, 0.15) is 5.52 Å². The quantitative estimate of drug-likeness (QED) is 0.780. The molecule has 0 aliphatic rings. The molecule has 4 nitrogen and oxygen atoms in total. The zero-order valence-electron chi connectivity index (χ0n) is 13.6. The van der Waals surface area contributed by atoms with E-state index in [-0.39, 0.29) is 5.91 Å². The van der Waals surface area contributed by atoms with E-state index in [0.29, 0.717) is 18.7 Å². The van der Waals surface area contributed by atoms with Crippen LogP contribution in [-0.2, 0) is 11.2 Å². The second-order valence-electron chi connectivity index (χ2n) is 5.90. The summed E-state index contributed by atoms with van der Waals surface area (Å²) in [6.07, 6.45) is 1.12. The maximum atomic E-state index is 12.2. The summed E-state index contributed by atoms with van der Waals surface area (Å²) in [5.41, 5.74) is 5.81. The lowest BCUT2D eigenvalue weighted by Gasteiger charge is -2.09. The molecule has 0 bridgehead atoms. The molecule has 1 amide bonds. The Morgan fingerprint density at radius 2 is 1.96 bits per heavy atom. The Kier molecular flexibility index (Phi) is 4.15. The van der Waals surface area contributed by atoms with Gasteiger partial charge in [-0.15, -0.1) is 0 Å². The highest BCUT2D eigenvalue weighted by Gasteiger charge is 2.07. The molecule has 0 spiro atoms. The molecule has 4 heteroatoms. The molecular weight excluding hydrogens is 288 g/mol. The first-order valence-corrected chi connectivity index (χ1v) is 7.74. The predicted octanol–water partition coefficient (Wildman–Crippen LogP) is 4.32. The molecule has 0 atom stereocenters. The van der Waals surface area contributed by atoms with E-state index in [1.165, 1.54) is 0 Å². The average Bonchev–Trinajstić information content (AvgIpc) is 2.88. The van der Waals surface area contributed by atoms with Crippen LogP contribution in [0, 0.1) is 20.8 Å². The van der Waals surface area contributed by atoms with E-state index in [1.807, 2.05) is 57.2 Å².